The maximum absolute atomic E-state index is 6.87. The van der Waals surface area contributed by atoms with Crippen LogP contribution in [0, 0.1) is 0 Å². The summed E-state index contributed by atoms with van der Waals surface area (Å²) in [5.41, 5.74) is 18.5. The Hall–Kier alpha value is -7.88. The third kappa shape index (κ3) is 8.83. The van der Waals surface area contributed by atoms with Gasteiger partial charge >= 0.3 is 0 Å². The molecule has 0 unspecified atom stereocenters. The highest BCUT2D eigenvalue weighted by Gasteiger charge is 2.22. The molecule has 1 aromatic heterocycles. The van der Waals surface area contributed by atoms with E-state index in [1.807, 2.05) is 0 Å². The van der Waals surface area contributed by atoms with E-state index in [9.17, 15) is 0 Å². The van der Waals surface area contributed by atoms with Gasteiger partial charge in [-0.15, -0.1) is 0 Å². The maximum atomic E-state index is 6.87. The summed E-state index contributed by atoms with van der Waals surface area (Å²) in [5, 5.41) is 6.82. The molecule has 0 aliphatic carbocycles. The molecular formula is C69H64N2O. The molecule has 0 fully saturated rings. The van der Waals surface area contributed by atoms with Crippen LogP contribution in [0.5, 0.6) is 0 Å². The molecule has 3 nitrogen and oxygen atoms in total. The van der Waals surface area contributed by atoms with E-state index in [-0.39, 0.29) is 5.41 Å². The predicted octanol–water partition coefficient (Wildman–Crippen LogP) is 20.8. The Morgan fingerprint density at radius 2 is 0.708 bits per heavy atom. The third-order valence-corrected chi connectivity index (χ3v) is 14.7. The number of para-hydroxylation sites is 2. The summed E-state index contributed by atoms with van der Waals surface area (Å²) in [5.74, 6) is 1.38. The summed E-state index contributed by atoms with van der Waals surface area (Å²) < 4.78 is 6.87. The lowest BCUT2D eigenvalue weighted by Gasteiger charge is -2.29. The molecule has 10 aromatic carbocycles. The first kappa shape index (κ1) is 46.5. The van der Waals surface area contributed by atoms with Gasteiger partial charge in [-0.1, -0.05) is 184 Å². The monoisotopic (exact) mass is 937 g/mol. The maximum Gasteiger partial charge on any atom is 0.136 e. The molecule has 0 spiro atoms. The van der Waals surface area contributed by atoms with Crippen LogP contribution in [0.2, 0.25) is 0 Å². The Bertz CT molecular complexity index is 3740. The van der Waals surface area contributed by atoms with E-state index >= 15 is 0 Å². The standard InChI is InChI=1S/C69H64N2O/c1-44(2)47-18-22-50(23-19-47)61-14-10-12-16-65(61)70(57-32-26-49(27-33-57)46(5)6)59-34-28-52-40-63-64-41-53-29-35-60(39-55(53)43-68(64)72-67(63)42-54(52)38-59)71(58-36-30-56(31-37-58)69(7,8)9)66-17-13-11-15-62(66)51-24-20-48(21-25-51)45(3)4/h10-46H,1-9H3. The molecule has 3 heteroatoms. The third-order valence-electron chi connectivity index (χ3n) is 14.7. The Morgan fingerprint density at radius 1 is 0.347 bits per heavy atom. The van der Waals surface area contributed by atoms with Crippen LogP contribution in [0.1, 0.15) is 102 Å². The fraction of sp³-hybridized carbons (Fsp3) is 0.188. The molecule has 11 rings (SSSR count). The van der Waals surface area contributed by atoms with Crippen LogP contribution in [0.15, 0.2) is 211 Å². The second-order valence-corrected chi connectivity index (χ2v) is 21.7. The summed E-state index contributed by atoms with van der Waals surface area (Å²) in [6.07, 6.45) is 0. The highest BCUT2D eigenvalue weighted by molar-refractivity contribution is 6.14. The second-order valence-electron chi connectivity index (χ2n) is 21.7. The normalized spacial score (nSPS) is 12.1. The first-order chi connectivity index (χ1) is 34.8. The van der Waals surface area contributed by atoms with Gasteiger partial charge in [0, 0.05) is 44.6 Å². The highest BCUT2D eigenvalue weighted by atomic mass is 16.3. The second kappa shape index (κ2) is 18.7. The van der Waals surface area contributed by atoms with Crippen molar-refractivity contribution in [1.82, 2.24) is 0 Å². The molecular weight excluding hydrogens is 873 g/mol. The Labute approximate surface area is 426 Å². The van der Waals surface area contributed by atoms with Crippen LogP contribution in [0.4, 0.5) is 34.1 Å². The molecule has 0 aliphatic rings. The van der Waals surface area contributed by atoms with Gasteiger partial charge in [0.05, 0.1) is 11.4 Å². The van der Waals surface area contributed by atoms with E-state index in [0.717, 1.165) is 66.8 Å². The fourth-order valence-electron chi connectivity index (χ4n) is 10.4. The minimum Gasteiger partial charge on any atom is -0.456 e. The summed E-state index contributed by atoms with van der Waals surface area (Å²) in [6.45, 7) is 20.3. The lowest BCUT2D eigenvalue weighted by Crippen LogP contribution is -2.13. The van der Waals surface area contributed by atoms with Crippen LogP contribution < -0.4 is 9.80 Å². The van der Waals surface area contributed by atoms with Crippen LogP contribution in [0.3, 0.4) is 0 Å². The summed E-state index contributed by atoms with van der Waals surface area (Å²) in [7, 11) is 0. The zero-order valence-electron chi connectivity index (χ0n) is 43.2. The zero-order valence-corrected chi connectivity index (χ0v) is 43.2. The van der Waals surface area contributed by atoms with Gasteiger partial charge in [-0.3, -0.25) is 0 Å². The van der Waals surface area contributed by atoms with Gasteiger partial charge in [0.15, 0.2) is 0 Å². The van der Waals surface area contributed by atoms with Gasteiger partial charge in [-0.2, -0.15) is 0 Å². The molecule has 0 N–H and O–H groups in total. The first-order valence-corrected chi connectivity index (χ1v) is 25.8. The number of nitrogens with zero attached hydrogens (tertiary/aromatic N) is 2. The van der Waals surface area contributed by atoms with Crippen molar-refractivity contribution in [1.29, 1.82) is 0 Å². The summed E-state index contributed by atoms with van der Waals surface area (Å²) >= 11 is 0. The van der Waals surface area contributed by atoms with Crippen molar-refractivity contribution in [2.45, 2.75) is 85.5 Å². The van der Waals surface area contributed by atoms with Crippen molar-refractivity contribution in [3.8, 4) is 22.3 Å². The van der Waals surface area contributed by atoms with E-state index in [1.165, 1.54) is 55.3 Å². The molecule has 0 saturated carbocycles. The van der Waals surface area contributed by atoms with Gasteiger partial charge in [0.1, 0.15) is 11.2 Å². The minimum absolute atomic E-state index is 0.0435. The highest BCUT2D eigenvalue weighted by Crippen LogP contribution is 2.46. The van der Waals surface area contributed by atoms with Crippen LogP contribution in [0.25, 0.3) is 65.7 Å². The smallest absolute Gasteiger partial charge is 0.136 e. The predicted molar refractivity (Wildman–Crippen MR) is 310 cm³/mol. The molecule has 0 saturated heterocycles. The number of anilines is 6. The number of furan rings is 1. The van der Waals surface area contributed by atoms with Gasteiger partial charge in [-0.05, 0) is 163 Å². The molecule has 0 bridgehead atoms. The van der Waals surface area contributed by atoms with E-state index in [4.69, 9.17) is 4.42 Å². The SMILES string of the molecule is CC(C)c1ccc(-c2ccccc2N(c2ccc(C(C)C)cc2)c2ccc3cc4c(cc3c2)oc2cc3cc(N(c5ccc(C(C)(C)C)cc5)c5ccccc5-c5ccc(C(C)C)cc5)ccc3cc24)cc1. The van der Waals surface area contributed by atoms with Crippen molar-refractivity contribution < 1.29 is 4.42 Å². The van der Waals surface area contributed by atoms with E-state index in [1.54, 1.807) is 0 Å². The molecule has 11 aromatic rings. The lowest BCUT2D eigenvalue weighted by molar-refractivity contribution is 0.590. The number of benzene rings is 10. The van der Waals surface area contributed by atoms with Crippen molar-refractivity contribution >= 4 is 77.6 Å². The summed E-state index contributed by atoms with van der Waals surface area (Å²) in [4.78, 5) is 4.82. The molecule has 0 aliphatic heterocycles. The van der Waals surface area contributed by atoms with Gasteiger partial charge in [0.2, 0.25) is 0 Å². The number of fused-ring (bicyclic) bond motifs is 5. The van der Waals surface area contributed by atoms with Crippen LogP contribution in [-0.2, 0) is 5.41 Å². The van der Waals surface area contributed by atoms with Gasteiger partial charge in [0.25, 0.3) is 0 Å². The number of rotatable bonds is 11. The fourth-order valence-corrected chi connectivity index (χ4v) is 10.4. The average molecular weight is 937 g/mol. The lowest BCUT2D eigenvalue weighted by atomic mass is 9.87. The molecule has 0 atom stereocenters. The molecule has 72 heavy (non-hydrogen) atoms. The van der Waals surface area contributed by atoms with E-state index < -0.39 is 0 Å². The van der Waals surface area contributed by atoms with Gasteiger partial charge < -0.3 is 14.2 Å². The minimum atomic E-state index is 0.0435. The van der Waals surface area contributed by atoms with Crippen molar-refractivity contribution in [2.24, 2.45) is 0 Å². The van der Waals surface area contributed by atoms with E-state index in [2.05, 4.69) is 278 Å². The largest absolute Gasteiger partial charge is 0.456 e. The Kier molecular flexibility index (Phi) is 12.1. The van der Waals surface area contributed by atoms with Crippen molar-refractivity contribution in [3.05, 3.63) is 229 Å². The zero-order chi connectivity index (χ0) is 49.8. The Balaban J connectivity index is 1.01. The Morgan fingerprint density at radius 3 is 1.10 bits per heavy atom. The average Bonchev–Trinajstić information content (AvgIpc) is 3.73. The van der Waals surface area contributed by atoms with Crippen molar-refractivity contribution in [3.63, 3.8) is 0 Å². The molecule has 1 heterocycles. The van der Waals surface area contributed by atoms with Crippen LogP contribution >= 0.6 is 0 Å². The van der Waals surface area contributed by atoms with Crippen LogP contribution in [-0.4, -0.2) is 0 Å². The first-order valence-electron chi connectivity index (χ1n) is 25.8. The molecule has 356 valence electrons. The number of hydrogen-bond donors (Lipinski definition) is 0. The van der Waals surface area contributed by atoms with Gasteiger partial charge in [-0.25, -0.2) is 0 Å². The molecule has 0 amide bonds. The molecule has 0 radical (unpaired) electrons. The van der Waals surface area contributed by atoms with E-state index in [0.29, 0.717) is 17.8 Å². The topological polar surface area (TPSA) is 19.6 Å². The summed E-state index contributed by atoms with van der Waals surface area (Å²) in [6, 6.07) is 76.7. The van der Waals surface area contributed by atoms with Crippen molar-refractivity contribution in [2.75, 3.05) is 9.80 Å². The number of hydrogen-bond acceptors (Lipinski definition) is 3. The quantitative estimate of drug-likeness (QED) is 0.129.